The maximum atomic E-state index is 12.8. The molecule has 0 saturated carbocycles. The van der Waals surface area contributed by atoms with Gasteiger partial charge in [0.25, 0.3) is 11.8 Å². The fraction of sp³-hybridized carbons (Fsp3) is 0.500. The van der Waals surface area contributed by atoms with Crippen LogP contribution in [0.3, 0.4) is 0 Å². The van der Waals surface area contributed by atoms with Crippen LogP contribution in [-0.2, 0) is 14.3 Å². The Morgan fingerprint density at radius 1 is 1.22 bits per heavy atom. The normalized spacial score (nSPS) is 20.0. The number of rotatable bonds is 6. The summed E-state index contributed by atoms with van der Waals surface area (Å²) >= 11 is 2.97. The van der Waals surface area contributed by atoms with Crippen molar-refractivity contribution in [3.05, 3.63) is 27.3 Å². The zero-order valence-corrected chi connectivity index (χ0v) is 14.8. The second-order valence-electron chi connectivity index (χ2n) is 5.33. The molecule has 1 aromatic rings. The first-order chi connectivity index (χ1) is 11.2. The number of hydrogen-bond acceptors (Lipinski definition) is 6. The average Bonchev–Trinajstić information content (AvgIpc) is 3.16. The van der Waals surface area contributed by atoms with Crippen molar-refractivity contribution in [1.29, 1.82) is 0 Å². The highest BCUT2D eigenvalue weighted by Crippen LogP contribution is 2.37. The maximum absolute atomic E-state index is 12.8. The van der Waals surface area contributed by atoms with Crippen LogP contribution in [-0.4, -0.2) is 66.8 Å². The van der Waals surface area contributed by atoms with Gasteiger partial charge in [0.1, 0.15) is 0 Å². The van der Waals surface area contributed by atoms with Crippen molar-refractivity contribution in [3.63, 3.8) is 0 Å². The van der Waals surface area contributed by atoms with Gasteiger partial charge in [0.15, 0.2) is 0 Å². The molecular weight excluding hydrogens is 332 g/mol. The first-order valence-corrected chi connectivity index (χ1v) is 9.66. The monoisotopic (exact) mass is 352 g/mol. The third-order valence-electron chi connectivity index (χ3n) is 3.93. The molecule has 0 atom stereocenters. The highest BCUT2D eigenvalue weighted by Gasteiger charge is 2.39. The van der Waals surface area contributed by atoms with E-state index in [1.54, 1.807) is 0 Å². The van der Waals surface area contributed by atoms with Crippen LogP contribution in [0.25, 0.3) is 5.57 Å². The Kier molecular flexibility index (Phi) is 5.53. The first-order valence-electron chi connectivity index (χ1n) is 7.79. The summed E-state index contributed by atoms with van der Waals surface area (Å²) < 4.78 is 5.33. The highest BCUT2D eigenvalue weighted by molar-refractivity contribution is 8.04. The zero-order chi connectivity index (χ0) is 16.2. The molecular formula is C16H20N2O3S2. The van der Waals surface area contributed by atoms with Gasteiger partial charge in [-0.25, -0.2) is 0 Å². The molecule has 0 radical (unpaired) electrons. The van der Waals surface area contributed by atoms with Gasteiger partial charge < -0.3 is 4.74 Å². The van der Waals surface area contributed by atoms with E-state index in [9.17, 15) is 9.59 Å². The summed E-state index contributed by atoms with van der Waals surface area (Å²) in [6.07, 6.45) is 0. The van der Waals surface area contributed by atoms with E-state index in [0.29, 0.717) is 23.6 Å². The number of imide groups is 1. The summed E-state index contributed by atoms with van der Waals surface area (Å²) in [5.74, 6) is 0.487. The summed E-state index contributed by atoms with van der Waals surface area (Å²) in [5.41, 5.74) is 0.582. The fourth-order valence-corrected chi connectivity index (χ4v) is 4.44. The molecule has 3 heterocycles. The van der Waals surface area contributed by atoms with Crippen molar-refractivity contribution in [2.75, 3.05) is 45.1 Å². The molecule has 0 unspecified atom stereocenters. The molecule has 3 rings (SSSR count). The first kappa shape index (κ1) is 16.7. The number of ether oxygens (including phenoxy) is 1. The molecule has 0 aromatic carbocycles. The summed E-state index contributed by atoms with van der Waals surface area (Å²) in [6.45, 7) is 6.31. The fourth-order valence-electron chi connectivity index (χ4n) is 2.74. The second-order valence-corrected chi connectivity index (χ2v) is 7.55. The van der Waals surface area contributed by atoms with E-state index in [-0.39, 0.29) is 11.8 Å². The lowest BCUT2D eigenvalue weighted by atomic mass is 10.2. The van der Waals surface area contributed by atoms with Crippen molar-refractivity contribution in [2.24, 2.45) is 0 Å². The Hall–Kier alpha value is -1.15. The zero-order valence-electron chi connectivity index (χ0n) is 13.1. The minimum Gasteiger partial charge on any atom is -0.379 e. The number of nitrogens with zero attached hydrogens (tertiary/aromatic N) is 2. The number of thiophene rings is 1. The second kappa shape index (κ2) is 7.61. The molecule has 1 saturated heterocycles. The van der Waals surface area contributed by atoms with Crippen molar-refractivity contribution < 1.29 is 14.3 Å². The number of hydrogen-bond donors (Lipinski definition) is 0. The van der Waals surface area contributed by atoms with E-state index in [2.05, 4.69) is 4.90 Å². The quantitative estimate of drug-likeness (QED) is 0.732. The Morgan fingerprint density at radius 3 is 2.65 bits per heavy atom. The molecule has 2 amide bonds. The van der Waals surface area contributed by atoms with Crippen LogP contribution in [0.1, 0.15) is 11.8 Å². The van der Waals surface area contributed by atoms with E-state index >= 15 is 0 Å². The largest absolute Gasteiger partial charge is 0.379 e. The Balaban J connectivity index is 1.74. The third kappa shape index (κ3) is 3.52. The Labute approximate surface area is 144 Å². The molecule has 1 fully saturated rings. The van der Waals surface area contributed by atoms with Gasteiger partial charge in [-0.05, 0) is 17.2 Å². The molecule has 0 N–H and O–H groups in total. The average molecular weight is 352 g/mol. The molecule has 2 aliphatic heterocycles. The van der Waals surface area contributed by atoms with Gasteiger partial charge in [0.2, 0.25) is 0 Å². The molecule has 23 heavy (non-hydrogen) atoms. The van der Waals surface area contributed by atoms with Crippen molar-refractivity contribution in [3.8, 4) is 0 Å². The SMILES string of the molecule is CCSC1=C(c2cccs2)C(=O)N(CCN2CCOCC2)C1=O. The van der Waals surface area contributed by atoms with E-state index in [0.717, 1.165) is 36.9 Å². The van der Waals surface area contributed by atoms with E-state index in [1.807, 2.05) is 24.4 Å². The van der Waals surface area contributed by atoms with Crippen LogP contribution in [0.5, 0.6) is 0 Å². The number of morpholine rings is 1. The molecule has 0 spiro atoms. The lowest BCUT2D eigenvalue weighted by Gasteiger charge is -2.28. The third-order valence-corrected chi connectivity index (χ3v) is 5.77. The maximum Gasteiger partial charge on any atom is 0.268 e. The molecule has 0 bridgehead atoms. The van der Waals surface area contributed by atoms with Crippen LogP contribution in [0.2, 0.25) is 0 Å². The summed E-state index contributed by atoms with van der Waals surface area (Å²) in [5, 5.41) is 1.94. The van der Waals surface area contributed by atoms with Crippen molar-refractivity contribution in [2.45, 2.75) is 6.92 Å². The molecule has 2 aliphatic rings. The van der Waals surface area contributed by atoms with Gasteiger partial charge in [-0.2, -0.15) is 0 Å². The van der Waals surface area contributed by atoms with E-state index in [1.165, 1.54) is 28.0 Å². The van der Waals surface area contributed by atoms with E-state index < -0.39 is 0 Å². The highest BCUT2D eigenvalue weighted by atomic mass is 32.2. The van der Waals surface area contributed by atoms with Crippen LogP contribution >= 0.6 is 23.1 Å². The van der Waals surface area contributed by atoms with Crippen molar-refractivity contribution in [1.82, 2.24) is 9.80 Å². The molecule has 124 valence electrons. The summed E-state index contributed by atoms with van der Waals surface area (Å²) in [6, 6.07) is 3.82. The molecule has 7 heteroatoms. The minimum absolute atomic E-state index is 0.140. The van der Waals surface area contributed by atoms with Crippen LogP contribution in [0.15, 0.2) is 22.4 Å². The van der Waals surface area contributed by atoms with Gasteiger partial charge in [0.05, 0.1) is 23.7 Å². The van der Waals surface area contributed by atoms with Gasteiger partial charge in [-0.1, -0.05) is 13.0 Å². The van der Waals surface area contributed by atoms with Gasteiger partial charge >= 0.3 is 0 Å². The Morgan fingerprint density at radius 2 is 2.00 bits per heavy atom. The van der Waals surface area contributed by atoms with Crippen molar-refractivity contribution >= 4 is 40.5 Å². The van der Waals surface area contributed by atoms with Gasteiger partial charge in [-0.3, -0.25) is 19.4 Å². The van der Waals surface area contributed by atoms with Crippen LogP contribution < -0.4 is 0 Å². The molecule has 0 aliphatic carbocycles. The number of amides is 2. The number of thioether (sulfide) groups is 1. The van der Waals surface area contributed by atoms with Gasteiger partial charge in [-0.15, -0.1) is 23.1 Å². The molecule has 5 nitrogen and oxygen atoms in total. The lowest BCUT2D eigenvalue weighted by molar-refractivity contribution is -0.136. The topological polar surface area (TPSA) is 49.9 Å². The minimum atomic E-state index is -0.151. The number of carbonyl (C=O) groups excluding carboxylic acids is 2. The summed E-state index contributed by atoms with van der Waals surface area (Å²) in [7, 11) is 0. The standard InChI is InChI=1S/C16H20N2O3S2/c1-2-22-14-13(12-4-3-11-23-12)15(19)18(16(14)20)6-5-17-7-9-21-10-8-17/h3-4,11H,2,5-10H2,1H3. The van der Waals surface area contributed by atoms with Crippen LogP contribution in [0.4, 0.5) is 0 Å². The Bertz CT molecular complexity index is 607. The number of carbonyl (C=O) groups is 2. The lowest BCUT2D eigenvalue weighted by Crippen LogP contribution is -2.43. The van der Waals surface area contributed by atoms with Crippen LogP contribution in [0, 0.1) is 0 Å². The predicted molar refractivity (Wildman–Crippen MR) is 93.4 cm³/mol. The van der Waals surface area contributed by atoms with E-state index in [4.69, 9.17) is 4.74 Å². The predicted octanol–water partition coefficient (Wildman–Crippen LogP) is 1.91. The molecule has 1 aromatic heterocycles. The van der Waals surface area contributed by atoms with Gasteiger partial charge in [0, 0.05) is 31.1 Å². The summed E-state index contributed by atoms with van der Waals surface area (Å²) in [4.78, 5) is 30.6. The smallest absolute Gasteiger partial charge is 0.268 e.